The van der Waals surface area contributed by atoms with Crippen LogP contribution in [0.15, 0.2) is 47.3 Å². The maximum atomic E-state index is 13.4. The van der Waals surface area contributed by atoms with Gasteiger partial charge in [0.2, 0.25) is 0 Å². The van der Waals surface area contributed by atoms with Crippen LogP contribution in [0.5, 0.6) is 0 Å². The molecule has 15 heteroatoms. The van der Waals surface area contributed by atoms with Crippen LogP contribution in [-0.4, -0.2) is 53.8 Å². The first-order valence-electron chi connectivity index (χ1n) is 10.4. The Morgan fingerprint density at radius 3 is 2.50 bits per heavy atom. The molecule has 3 heterocycles. The van der Waals surface area contributed by atoms with Crippen molar-refractivity contribution in [2.24, 2.45) is 0 Å². The van der Waals surface area contributed by atoms with Gasteiger partial charge in [0.25, 0.3) is 17.6 Å². The number of alkyl halides is 3. The van der Waals surface area contributed by atoms with Crippen LogP contribution in [0.25, 0.3) is 5.82 Å². The van der Waals surface area contributed by atoms with Gasteiger partial charge in [-0.25, -0.2) is 9.67 Å². The SMILES string of the molecule is C/C=C(/C(=O)NC)C(NC(=O)c1cc(Cn2nnc(C(F)(F)F)n2)nn1-c1ncccc1Cl)=C(C)C. The summed E-state index contributed by atoms with van der Waals surface area (Å²) in [5.41, 5.74) is 1.24. The van der Waals surface area contributed by atoms with Crippen molar-refractivity contribution >= 4 is 23.4 Å². The van der Waals surface area contributed by atoms with Crippen LogP contribution in [0.3, 0.4) is 0 Å². The van der Waals surface area contributed by atoms with Gasteiger partial charge in [0, 0.05) is 13.2 Å². The first kappa shape index (κ1) is 26.5. The Kier molecular flexibility index (Phi) is 7.87. The fourth-order valence-electron chi connectivity index (χ4n) is 3.10. The molecule has 0 atom stereocenters. The predicted molar refractivity (Wildman–Crippen MR) is 122 cm³/mol. The van der Waals surface area contributed by atoms with E-state index in [1.165, 1.54) is 25.4 Å². The molecule has 0 bridgehead atoms. The predicted octanol–water partition coefficient (Wildman–Crippen LogP) is 2.69. The molecule has 0 spiro atoms. The summed E-state index contributed by atoms with van der Waals surface area (Å²) < 4.78 is 39.6. The number of halogens is 4. The maximum absolute atomic E-state index is 13.4. The van der Waals surface area contributed by atoms with Crippen LogP contribution >= 0.6 is 11.6 Å². The van der Waals surface area contributed by atoms with E-state index in [-0.39, 0.29) is 40.0 Å². The Morgan fingerprint density at radius 1 is 1.22 bits per heavy atom. The molecule has 0 saturated heterocycles. The summed E-state index contributed by atoms with van der Waals surface area (Å²) in [5, 5.41) is 19.4. The monoisotopic (exact) mass is 523 g/mol. The van der Waals surface area contributed by atoms with Crippen LogP contribution < -0.4 is 10.6 Å². The molecular formula is C21H21ClF3N9O2. The summed E-state index contributed by atoms with van der Waals surface area (Å²) in [6, 6.07) is 4.44. The van der Waals surface area contributed by atoms with Gasteiger partial charge >= 0.3 is 6.18 Å². The van der Waals surface area contributed by atoms with Crippen molar-refractivity contribution in [3.63, 3.8) is 0 Å². The normalized spacial score (nSPS) is 11.8. The van der Waals surface area contributed by atoms with Crippen LogP contribution in [0.1, 0.15) is 42.8 Å². The number of likely N-dealkylation sites (N-methyl/N-ethyl adjacent to an activating group) is 1. The summed E-state index contributed by atoms with van der Waals surface area (Å²) in [7, 11) is 1.46. The molecule has 3 aromatic rings. The van der Waals surface area contributed by atoms with Crippen molar-refractivity contribution in [3.05, 3.63) is 69.6 Å². The number of allylic oxidation sites excluding steroid dienone is 2. The van der Waals surface area contributed by atoms with Crippen molar-refractivity contribution < 1.29 is 22.8 Å². The molecule has 0 unspecified atom stereocenters. The second kappa shape index (κ2) is 10.7. The Bertz CT molecular complexity index is 1350. The van der Waals surface area contributed by atoms with E-state index in [4.69, 9.17) is 11.6 Å². The van der Waals surface area contributed by atoms with E-state index in [1.807, 2.05) is 0 Å². The van der Waals surface area contributed by atoms with Crippen LogP contribution in [0.4, 0.5) is 13.2 Å². The number of pyridine rings is 1. The highest BCUT2D eigenvalue weighted by Crippen LogP contribution is 2.25. The van der Waals surface area contributed by atoms with Crippen molar-refractivity contribution in [2.45, 2.75) is 33.5 Å². The average Bonchev–Trinajstić information content (AvgIpc) is 3.46. The van der Waals surface area contributed by atoms with Gasteiger partial charge < -0.3 is 10.6 Å². The highest BCUT2D eigenvalue weighted by Gasteiger charge is 2.37. The molecule has 2 N–H and O–H groups in total. The highest BCUT2D eigenvalue weighted by atomic mass is 35.5. The first-order valence-corrected chi connectivity index (χ1v) is 10.8. The molecule has 36 heavy (non-hydrogen) atoms. The lowest BCUT2D eigenvalue weighted by molar-refractivity contribution is -0.145. The number of rotatable bonds is 7. The van der Waals surface area contributed by atoms with E-state index in [0.717, 1.165) is 4.68 Å². The van der Waals surface area contributed by atoms with Crippen molar-refractivity contribution in [3.8, 4) is 5.82 Å². The van der Waals surface area contributed by atoms with E-state index in [1.54, 1.807) is 32.9 Å². The maximum Gasteiger partial charge on any atom is 0.455 e. The molecule has 11 nitrogen and oxygen atoms in total. The Balaban J connectivity index is 2.03. The van der Waals surface area contributed by atoms with Crippen LogP contribution in [-0.2, 0) is 17.5 Å². The molecule has 0 radical (unpaired) electrons. The summed E-state index contributed by atoms with van der Waals surface area (Å²) in [4.78, 5) is 30.5. The van der Waals surface area contributed by atoms with Crippen molar-refractivity contribution in [2.75, 3.05) is 7.05 Å². The summed E-state index contributed by atoms with van der Waals surface area (Å²) in [6.07, 6.45) is -1.78. The lowest BCUT2D eigenvalue weighted by Crippen LogP contribution is -2.31. The quantitative estimate of drug-likeness (QED) is 0.359. The zero-order valence-electron chi connectivity index (χ0n) is 19.6. The Labute approximate surface area is 208 Å². The molecule has 190 valence electrons. The smallest absolute Gasteiger partial charge is 0.355 e. The standard InChI is InChI=1S/C21H21ClF3N9O2/c1-5-13(18(35)26-4)16(11(2)3)28-19(36)15-9-12(10-33-31-20(29-32-33)21(23,24)25)30-34(15)17-14(22)7-6-8-27-17/h5-9H,10H2,1-4H3,(H,26,35)(H,28,36)/b13-5+. The second-order valence-electron chi connectivity index (χ2n) is 7.49. The average molecular weight is 524 g/mol. The molecule has 0 fully saturated rings. The summed E-state index contributed by atoms with van der Waals surface area (Å²) in [6.45, 7) is 4.76. The molecule has 2 amide bonds. The van der Waals surface area contributed by atoms with Gasteiger partial charge in [0.05, 0.1) is 22.0 Å². The van der Waals surface area contributed by atoms with Gasteiger partial charge in [-0.05, 0) is 44.2 Å². The number of hydrogen-bond donors (Lipinski definition) is 2. The molecule has 3 rings (SSSR count). The zero-order chi connectivity index (χ0) is 26.6. The Morgan fingerprint density at radius 2 is 1.94 bits per heavy atom. The third kappa shape index (κ3) is 5.76. The molecule has 0 aliphatic carbocycles. The van der Waals surface area contributed by atoms with Gasteiger partial charge in [-0.15, -0.1) is 10.2 Å². The lowest BCUT2D eigenvalue weighted by Gasteiger charge is -2.15. The Hall–Kier alpha value is -4.07. The van der Waals surface area contributed by atoms with Gasteiger partial charge in [-0.2, -0.15) is 23.1 Å². The van der Waals surface area contributed by atoms with E-state index in [0.29, 0.717) is 10.4 Å². The molecule has 0 aliphatic heterocycles. The van der Waals surface area contributed by atoms with Crippen LogP contribution in [0.2, 0.25) is 5.02 Å². The molecule has 3 aromatic heterocycles. The van der Waals surface area contributed by atoms with Gasteiger partial charge in [0.15, 0.2) is 5.82 Å². The topological polar surface area (TPSA) is 133 Å². The minimum absolute atomic E-state index is 0.0483. The van der Waals surface area contributed by atoms with Crippen LogP contribution in [0, 0.1) is 0 Å². The number of tetrazole rings is 1. The second-order valence-corrected chi connectivity index (χ2v) is 7.90. The van der Waals surface area contributed by atoms with Crippen molar-refractivity contribution in [1.29, 1.82) is 0 Å². The molecule has 0 saturated carbocycles. The van der Waals surface area contributed by atoms with E-state index >= 15 is 0 Å². The van der Waals surface area contributed by atoms with Gasteiger partial charge in [-0.3, -0.25) is 9.59 Å². The minimum Gasteiger partial charge on any atom is -0.355 e. The largest absolute Gasteiger partial charge is 0.455 e. The third-order valence-corrected chi connectivity index (χ3v) is 5.01. The van der Waals surface area contributed by atoms with Gasteiger partial charge in [-0.1, -0.05) is 23.3 Å². The number of carbonyl (C=O) groups excluding carboxylic acids is 2. The first-order chi connectivity index (χ1) is 17.0. The molecule has 0 aliphatic rings. The van der Waals surface area contributed by atoms with Gasteiger partial charge in [0.1, 0.15) is 12.2 Å². The van der Waals surface area contributed by atoms with E-state index in [9.17, 15) is 22.8 Å². The number of nitrogens with one attached hydrogen (secondary N) is 2. The zero-order valence-corrected chi connectivity index (χ0v) is 20.3. The molecular weight excluding hydrogens is 503 g/mol. The number of carbonyl (C=O) groups is 2. The minimum atomic E-state index is -4.76. The molecule has 0 aromatic carbocycles. The van der Waals surface area contributed by atoms with E-state index in [2.05, 4.69) is 36.1 Å². The summed E-state index contributed by atoms with van der Waals surface area (Å²) in [5.74, 6) is -2.38. The number of nitrogens with zero attached hydrogens (tertiary/aromatic N) is 7. The number of aromatic nitrogens is 7. The third-order valence-electron chi connectivity index (χ3n) is 4.71. The van der Waals surface area contributed by atoms with E-state index < -0.39 is 23.8 Å². The fourth-order valence-corrected chi connectivity index (χ4v) is 3.30. The summed E-state index contributed by atoms with van der Waals surface area (Å²) >= 11 is 6.26. The van der Waals surface area contributed by atoms with Crippen molar-refractivity contribution in [1.82, 2.24) is 45.6 Å². The number of amides is 2. The highest BCUT2D eigenvalue weighted by molar-refractivity contribution is 6.32. The fraction of sp³-hybridized carbons (Fsp3) is 0.286. The lowest BCUT2D eigenvalue weighted by atomic mass is 10.1. The number of hydrogen-bond acceptors (Lipinski definition) is 7.